The highest BCUT2D eigenvalue weighted by atomic mass is 32.2. The molecule has 1 aliphatic heterocycles. The van der Waals surface area contributed by atoms with Crippen LogP contribution in [-0.2, 0) is 6.42 Å². The van der Waals surface area contributed by atoms with E-state index in [1.165, 1.54) is 37.2 Å². The molecule has 0 unspecified atom stereocenters. The molecule has 0 amide bonds. The summed E-state index contributed by atoms with van der Waals surface area (Å²) in [5, 5.41) is 12.2. The molecule has 1 aromatic carbocycles. The maximum Gasteiger partial charge on any atom is 0.195 e. The first kappa shape index (κ1) is 17.8. The average Bonchev–Trinajstić information content (AvgIpc) is 3.34. The van der Waals surface area contributed by atoms with Gasteiger partial charge in [0.2, 0.25) is 0 Å². The Labute approximate surface area is 163 Å². The van der Waals surface area contributed by atoms with Gasteiger partial charge in [0, 0.05) is 29.3 Å². The normalized spacial score (nSPS) is 15.4. The first-order valence-electron chi connectivity index (χ1n) is 9.27. The topological polar surface area (TPSA) is 34.0 Å². The van der Waals surface area contributed by atoms with Crippen molar-refractivity contribution in [3.8, 4) is 5.69 Å². The average molecular weight is 385 g/mol. The van der Waals surface area contributed by atoms with Crippen molar-refractivity contribution in [2.24, 2.45) is 0 Å². The molecule has 1 aliphatic rings. The van der Waals surface area contributed by atoms with Gasteiger partial charge >= 0.3 is 0 Å². The molecule has 136 valence electrons. The summed E-state index contributed by atoms with van der Waals surface area (Å²) in [4.78, 5) is 3.89. The number of piperidine rings is 1. The van der Waals surface area contributed by atoms with Gasteiger partial charge in [0.05, 0.1) is 0 Å². The van der Waals surface area contributed by atoms with Gasteiger partial charge in [-0.3, -0.25) is 4.57 Å². The lowest BCUT2D eigenvalue weighted by Crippen LogP contribution is -2.31. The minimum atomic E-state index is 0.826. The number of likely N-dealkylation sites (tertiary alicyclic amines) is 1. The molecule has 4 nitrogen and oxygen atoms in total. The highest BCUT2D eigenvalue weighted by molar-refractivity contribution is 7.99. The van der Waals surface area contributed by atoms with E-state index in [9.17, 15) is 0 Å². The van der Waals surface area contributed by atoms with Gasteiger partial charge in [-0.25, -0.2) is 0 Å². The molecule has 3 heterocycles. The molecule has 0 spiro atoms. The summed E-state index contributed by atoms with van der Waals surface area (Å²) in [6, 6.07) is 14.7. The van der Waals surface area contributed by atoms with Gasteiger partial charge in [0.25, 0.3) is 0 Å². The number of benzene rings is 1. The Morgan fingerprint density at radius 1 is 0.962 bits per heavy atom. The fourth-order valence-electron chi connectivity index (χ4n) is 3.36. The third-order valence-corrected chi connectivity index (χ3v) is 6.50. The Hall–Kier alpha value is -1.63. The van der Waals surface area contributed by atoms with Crippen LogP contribution in [0.25, 0.3) is 5.69 Å². The van der Waals surface area contributed by atoms with E-state index in [4.69, 9.17) is 0 Å². The SMILES string of the molecule is c1ccc(-n2c(Cc3cccs3)nnc2SCCN2CCCCC2)cc1. The minimum absolute atomic E-state index is 0.826. The zero-order valence-electron chi connectivity index (χ0n) is 14.9. The van der Waals surface area contributed by atoms with Gasteiger partial charge in [-0.05, 0) is 49.5 Å². The summed E-state index contributed by atoms with van der Waals surface area (Å²) >= 11 is 3.59. The highest BCUT2D eigenvalue weighted by Crippen LogP contribution is 2.24. The van der Waals surface area contributed by atoms with Crippen molar-refractivity contribution >= 4 is 23.1 Å². The van der Waals surface area contributed by atoms with Crippen molar-refractivity contribution in [3.05, 3.63) is 58.5 Å². The predicted octanol–water partition coefficient (Wildman–Crippen LogP) is 4.50. The number of thioether (sulfide) groups is 1. The van der Waals surface area contributed by atoms with Gasteiger partial charge < -0.3 is 4.90 Å². The number of rotatable bonds is 7. The minimum Gasteiger partial charge on any atom is -0.303 e. The summed E-state index contributed by atoms with van der Waals surface area (Å²) in [7, 11) is 0. The van der Waals surface area contributed by atoms with Crippen LogP contribution < -0.4 is 0 Å². The molecule has 1 saturated heterocycles. The molecule has 0 bridgehead atoms. The summed E-state index contributed by atoms with van der Waals surface area (Å²) in [5.41, 5.74) is 1.14. The molecule has 0 atom stereocenters. The molecule has 0 N–H and O–H groups in total. The zero-order chi connectivity index (χ0) is 17.6. The molecular formula is C20H24N4S2. The number of aromatic nitrogens is 3. The van der Waals surface area contributed by atoms with E-state index >= 15 is 0 Å². The second kappa shape index (κ2) is 8.84. The fraction of sp³-hybridized carbons (Fsp3) is 0.400. The van der Waals surface area contributed by atoms with Crippen LogP contribution in [0.15, 0.2) is 53.0 Å². The van der Waals surface area contributed by atoms with E-state index in [-0.39, 0.29) is 0 Å². The summed E-state index contributed by atoms with van der Waals surface area (Å²) < 4.78 is 2.22. The van der Waals surface area contributed by atoms with E-state index in [1.54, 1.807) is 11.3 Å². The Balaban J connectivity index is 1.50. The summed E-state index contributed by atoms with van der Waals surface area (Å²) in [6.07, 6.45) is 4.90. The second-order valence-corrected chi connectivity index (χ2v) is 8.67. The summed E-state index contributed by atoms with van der Waals surface area (Å²) in [6.45, 7) is 3.62. The summed E-state index contributed by atoms with van der Waals surface area (Å²) in [5.74, 6) is 2.07. The smallest absolute Gasteiger partial charge is 0.195 e. The van der Waals surface area contributed by atoms with Crippen molar-refractivity contribution in [1.82, 2.24) is 19.7 Å². The van der Waals surface area contributed by atoms with Gasteiger partial charge in [-0.15, -0.1) is 21.5 Å². The third kappa shape index (κ3) is 4.37. The zero-order valence-corrected chi connectivity index (χ0v) is 16.5. The predicted molar refractivity (Wildman–Crippen MR) is 109 cm³/mol. The van der Waals surface area contributed by atoms with Gasteiger partial charge in [-0.1, -0.05) is 42.4 Å². The Bertz CT molecular complexity index is 793. The molecule has 1 fully saturated rings. The van der Waals surface area contributed by atoms with Crippen LogP contribution in [0.2, 0.25) is 0 Å². The lowest BCUT2D eigenvalue weighted by atomic mass is 10.1. The van der Waals surface area contributed by atoms with Crippen molar-refractivity contribution in [1.29, 1.82) is 0 Å². The quantitative estimate of drug-likeness (QED) is 0.562. The van der Waals surface area contributed by atoms with Crippen molar-refractivity contribution < 1.29 is 0 Å². The number of hydrogen-bond acceptors (Lipinski definition) is 5. The Morgan fingerprint density at radius 3 is 2.58 bits per heavy atom. The van der Waals surface area contributed by atoms with Gasteiger partial charge in [0.15, 0.2) is 5.16 Å². The second-order valence-electron chi connectivity index (χ2n) is 6.58. The molecule has 0 saturated carbocycles. The first-order valence-corrected chi connectivity index (χ1v) is 11.1. The first-order chi connectivity index (χ1) is 12.9. The largest absolute Gasteiger partial charge is 0.303 e. The van der Waals surface area contributed by atoms with Crippen molar-refractivity contribution in [2.45, 2.75) is 30.8 Å². The monoisotopic (exact) mass is 384 g/mol. The van der Waals surface area contributed by atoms with Crippen LogP contribution in [-0.4, -0.2) is 45.1 Å². The standard InChI is InChI=1S/C20H24N4S2/c1-3-8-17(9-4-1)24-19(16-18-10-7-14-25-18)21-22-20(24)26-15-13-23-11-5-2-6-12-23/h1,3-4,7-10,14H,2,5-6,11-13,15-16H2. The fourth-order valence-corrected chi connectivity index (χ4v) is 5.03. The van der Waals surface area contributed by atoms with E-state index in [0.29, 0.717) is 0 Å². The number of para-hydroxylation sites is 1. The van der Waals surface area contributed by atoms with Crippen LogP contribution >= 0.6 is 23.1 Å². The molecule has 3 aromatic rings. The highest BCUT2D eigenvalue weighted by Gasteiger charge is 2.16. The van der Waals surface area contributed by atoms with E-state index in [1.807, 2.05) is 11.8 Å². The molecule has 4 rings (SSSR count). The van der Waals surface area contributed by atoms with Crippen molar-refractivity contribution in [2.75, 3.05) is 25.4 Å². The molecule has 0 aliphatic carbocycles. The number of nitrogens with zero attached hydrogens (tertiary/aromatic N) is 4. The number of hydrogen-bond donors (Lipinski definition) is 0. The van der Waals surface area contributed by atoms with Gasteiger partial charge in [-0.2, -0.15) is 0 Å². The Morgan fingerprint density at radius 2 is 1.81 bits per heavy atom. The van der Waals surface area contributed by atoms with Crippen molar-refractivity contribution in [3.63, 3.8) is 0 Å². The lowest BCUT2D eigenvalue weighted by Gasteiger charge is -2.25. The van der Waals surface area contributed by atoms with Gasteiger partial charge in [0.1, 0.15) is 5.82 Å². The van der Waals surface area contributed by atoms with E-state index < -0.39 is 0 Å². The number of thiophene rings is 1. The third-order valence-electron chi connectivity index (χ3n) is 4.71. The molecule has 0 radical (unpaired) electrons. The van der Waals surface area contributed by atoms with Crippen LogP contribution in [0.3, 0.4) is 0 Å². The Kier molecular flexibility index (Phi) is 6.04. The molecule has 6 heteroatoms. The molecule has 26 heavy (non-hydrogen) atoms. The maximum atomic E-state index is 4.52. The lowest BCUT2D eigenvalue weighted by molar-refractivity contribution is 0.242. The molecular weight excluding hydrogens is 360 g/mol. The van der Waals surface area contributed by atoms with Crippen LogP contribution in [0, 0.1) is 0 Å². The van der Waals surface area contributed by atoms with Crippen LogP contribution in [0.1, 0.15) is 30.0 Å². The maximum absolute atomic E-state index is 4.52. The van der Waals surface area contributed by atoms with E-state index in [0.717, 1.165) is 35.4 Å². The van der Waals surface area contributed by atoms with Crippen LogP contribution in [0.4, 0.5) is 0 Å². The van der Waals surface area contributed by atoms with E-state index in [2.05, 4.69) is 67.5 Å². The molecule has 2 aromatic heterocycles. The van der Waals surface area contributed by atoms with Crippen LogP contribution in [0.5, 0.6) is 0 Å².